The van der Waals surface area contributed by atoms with Gasteiger partial charge in [-0.25, -0.2) is 0 Å². The second-order valence-electron chi connectivity index (χ2n) is 8.05. The van der Waals surface area contributed by atoms with Crippen LogP contribution in [0.1, 0.15) is 11.1 Å². The van der Waals surface area contributed by atoms with Gasteiger partial charge in [-0.05, 0) is 42.0 Å². The summed E-state index contributed by atoms with van der Waals surface area (Å²) in [5, 5.41) is 5.10. The summed E-state index contributed by atoms with van der Waals surface area (Å²) in [5.74, 6) is 0.775. The summed E-state index contributed by atoms with van der Waals surface area (Å²) in [5.41, 5.74) is 6.30. The number of nitrogens with zero attached hydrogens (tertiary/aromatic N) is 3. The number of aromatic nitrogens is 2. The first-order chi connectivity index (χ1) is 15.2. The highest BCUT2D eigenvalue weighted by Gasteiger charge is 2.48. The van der Waals surface area contributed by atoms with E-state index in [1.165, 1.54) is 11.3 Å². The first-order valence-electron chi connectivity index (χ1n) is 10.3. The third-order valence-corrected chi connectivity index (χ3v) is 6.75. The van der Waals surface area contributed by atoms with Crippen LogP contribution >= 0.6 is 15.9 Å². The van der Waals surface area contributed by atoms with Crippen LogP contribution in [0.3, 0.4) is 0 Å². The highest BCUT2D eigenvalue weighted by Crippen LogP contribution is 2.53. The Bertz CT molecular complexity index is 1310. The molecule has 1 aromatic heterocycles. The van der Waals surface area contributed by atoms with Gasteiger partial charge in [0.2, 0.25) is 5.88 Å². The van der Waals surface area contributed by atoms with Crippen molar-refractivity contribution in [2.24, 2.45) is 0 Å². The van der Waals surface area contributed by atoms with Crippen LogP contribution < -0.4 is 9.64 Å². The van der Waals surface area contributed by atoms with E-state index in [0.717, 1.165) is 39.4 Å². The summed E-state index contributed by atoms with van der Waals surface area (Å²) in [6, 6.07) is 27.1. The van der Waals surface area contributed by atoms with Gasteiger partial charge in [-0.3, -0.25) is 0 Å². The number of benzene rings is 3. The molecule has 152 valence electrons. The molecule has 0 bridgehead atoms. The van der Waals surface area contributed by atoms with Crippen LogP contribution in [0.25, 0.3) is 16.9 Å². The molecule has 2 aliphatic rings. The van der Waals surface area contributed by atoms with Crippen molar-refractivity contribution in [3.8, 4) is 22.8 Å². The Morgan fingerprint density at radius 2 is 1.68 bits per heavy atom. The Morgan fingerprint density at radius 1 is 0.935 bits per heavy atom. The number of para-hydroxylation sites is 2. The topological polar surface area (TPSA) is 30.3 Å². The molecule has 0 saturated carbocycles. The molecule has 0 N–H and O–H groups in total. The smallest absolute Gasteiger partial charge is 0.226 e. The number of ether oxygens (including phenoxy) is 1. The molecule has 31 heavy (non-hydrogen) atoms. The van der Waals surface area contributed by atoms with Crippen LogP contribution in [0.5, 0.6) is 5.88 Å². The van der Waals surface area contributed by atoms with Crippen molar-refractivity contribution in [1.82, 2.24) is 9.78 Å². The van der Waals surface area contributed by atoms with Crippen molar-refractivity contribution in [3.63, 3.8) is 0 Å². The van der Waals surface area contributed by atoms with Gasteiger partial charge in [0.1, 0.15) is 5.69 Å². The average molecular weight is 470 g/mol. The molecule has 3 heterocycles. The molecule has 0 aliphatic carbocycles. The van der Waals surface area contributed by atoms with Gasteiger partial charge in [-0.15, -0.1) is 0 Å². The molecule has 2 aliphatic heterocycles. The lowest BCUT2D eigenvalue weighted by Crippen LogP contribution is -2.33. The predicted molar refractivity (Wildman–Crippen MR) is 127 cm³/mol. The molecule has 1 atom stereocenters. The molecule has 0 saturated heterocycles. The monoisotopic (exact) mass is 469 g/mol. The Kier molecular flexibility index (Phi) is 4.08. The number of likely N-dealkylation sites (N-methyl/N-ethyl adjacent to an activating group) is 1. The van der Waals surface area contributed by atoms with Gasteiger partial charge >= 0.3 is 0 Å². The molecule has 0 unspecified atom stereocenters. The van der Waals surface area contributed by atoms with Crippen molar-refractivity contribution >= 4 is 21.6 Å². The largest absolute Gasteiger partial charge is 0.447 e. The zero-order valence-electron chi connectivity index (χ0n) is 17.0. The normalized spacial score (nSPS) is 18.7. The molecule has 3 aromatic carbocycles. The standard InChI is InChI=1S/C26H20BrN3O/c1-29-17-26(21-9-5-6-10-22(21)29)15-16-31-25-23(26)24(18-11-13-19(27)14-12-18)28-30(25)20-7-3-2-4-8-20/h2-16H,17H2,1H3/t26-/m0/s1. The first kappa shape index (κ1) is 18.5. The molecular weight excluding hydrogens is 450 g/mol. The van der Waals surface area contributed by atoms with Crippen LogP contribution in [-0.2, 0) is 5.41 Å². The van der Waals surface area contributed by atoms with Crippen LogP contribution in [-0.4, -0.2) is 23.4 Å². The van der Waals surface area contributed by atoms with Crippen LogP contribution in [0, 0.1) is 0 Å². The molecule has 4 aromatic rings. The van der Waals surface area contributed by atoms with Crippen molar-refractivity contribution in [2.45, 2.75) is 5.41 Å². The maximum Gasteiger partial charge on any atom is 0.226 e. The molecular formula is C26H20BrN3O. The van der Waals surface area contributed by atoms with Gasteiger partial charge in [-0.2, -0.15) is 9.78 Å². The van der Waals surface area contributed by atoms with E-state index in [0.29, 0.717) is 0 Å². The number of hydrogen-bond acceptors (Lipinski definition) is 3. The molecule has 5 heteroatoms. The SMILES string of the molecule is CN1C[C@@]2(C=COc3c2c(-c2ccc(Br)cc2)nn3-c2ccccc2)c2ccccc21. The number of hydrogen-bond donors (Lipinski definition) is 0. The predicted octanol–water partition coefficient (Wildman–Crippen LogP) is 5.94. The lowest BCUT2D eigenvalue weighted by Gasteiger charge is -2.30. The minimum atomic E-state index is -0.325. The number of halogens is 1. The van der Waals surface area contributed by atoms with Gasteiger partial charge in [0.05, 0.1) is 22.9 Å². The number of rotatable bonds is 2. The quantitative estimate of drug-likeness (QED) is 0.363. The van der Waals surface area contributed by atoms with Gasteiger partial charge in [0.15, 0.2) is 0 Å². The number of anilines is 1. The van der Waals surface area contributed by atoms with Crippen LogP contribution in [0.2, 0.25) is 0 Å². The van der Waals surface area contributed by atoms with Crippen LogP contribution in [0.15, 0.2) is 95.7 Å². The van der Waals surface area contributed by atoms with E-state index >= 15 is 0 Å². The van der Waals surface area contributed by atoms with E-state index in [-0.39, 0.29) is 5.41 Å². The highest BCUT2D eigenvalue weighted by molar-refractivity contribution is 9.10. The zero-order chi connectivity index (χ0) is 21.0. The summed E-state index contributed by atoms with van der Waals surface area (Å²) < 4.78 is 9.14. The van der Waals surface area contributed by atoms with E-state index in [4.69, 9.17) is 9.84 Å². The third-order valence-electron chi connectivity index (χ3n) is 6.22. The Hall–Kier alpha value is -3.31. The van der Waals surface area contributed by atoms with E-state index in [1.807, 2.05) is 29.1 Å². The fourth-order valence-corrected chi connectivity index (χ4v) is 5.11. The Morgan fingerprint density at radius 3 is 2.48 bits per heavy atom. The van der Waals surface area contributed by atoms with Crippen LogP contribution in [0.4, 0.5) is 5.69 Å². The average Bonchev–Trinajstić information content (AvgIpc) is 3.33. The zero-order valence-corrected chi connectivity index (χ0v) is 18.6. The van der Waals surface area contributed by atoms with Gasteiger partial charge in [0.25, 0.3) is 0 Å². The maximum atomic E-state index is 6.16. The van der Waals surface area contributed by atoms with Crippen molar-refractivity contribution in [2.75, 3.05) is 18.5 Å². The Labute approximate surface area is 189 Å². The molecule has 0 amide bonds. The van der Waals surface area contributed by atoms with E-state index < -0.39 is 0 Å². The summed E-state index contributed by atoms with van der Waals surface area (Å²) in [6.07, 6.45) is 4.02. The minimum Gasteiger partial charge on any atom is -0.447 e. The molecule has 6 rings (SSSR count). The van der Waals surface area contributed by atoms with Gasteiger partial charge in [-0.1, -0.05) is 64.5 Å². The van der Waals surface area contributed by atoms with Gasteiger partial charge in [0, 0.05) is 29.3 Å². The summed E-state index contributed by atoms with van der Waals surface area (Å²) in [7, 11) is 2.15. The lowest BCUT2D eigenvalue weighted by atomic mass is 9.74. The van der Waals surface area contributed by atoms with Crippen molar-refractivity contribution in [1.29, 1.82) is 0 Å². The maximum absolute atomic E-state index is 6.16. The summed E-state index contributed by atoms with van der Waals surface area (Å²) in [6.45, 7) is 0.837. The third kappa shape index (κ3) is 2.70. The number of fused-ring (bicyclic) bond motifs is 4. The summed E-state index contributed by atoms with van der Waals surface area (Å²) >= 11 is 3.56. The summed E-state index contributed by atoms with van der Waals surface area (Å²) in [4.78, 5) is 2.32. The van der Waals surface area contributed by atoms with Gasteiger partial charge < -0.3 is 9.64 Å². The lowest BCUT2D eigenvalue weighted by molar-refractivity contribution is 0.407. The fraction of sp³-hybridized carbons (Fsp3) is 0.115. The second-order valence-corrected chi connectivity index (χ2v) is 8.96. The van der Waals surface area contributed by atoms with E-state index in [2.05, 4.69) is 94.6 Å². The van der Waals surface area contributed by atoms with Crippen molar-refractivity contribution < 1.29 is 4.74 Å². The van der Waals surface area contributed by atoms with E-state index in [9.17, 15) is 0 Å². The fourth-order valence-electron chi connectivity index (χ4n) is 4.85. The highest BCUT2D eigenvalue weighted by atomic mass is 79.9. The van der Waals surface area contributed by atoms with Crippen molar-refractivity contribution in [3.05, 3.63) is 107 Å². The molecule has 4 nitrogen and oxygen atoms in total. The molecule has 0 radical (unpaired) electrons. The second kappa shape index (κ2) is 6.86. The first-order valence-corrected chi connectivity index (χ1v) is 11.1. The molecule has 1 spiro atoms. The van der Waals surface area contributed by atoms with E-state index in [1.54, 1.807) is 0 Å². The molecule has 0 fully saturated rings. The minimum absolute atomic E-state index is 0.325. The Balaban J connectivity index is 1.67.